The Balaban J connectivity index is 3.49. The van der Waals surface area contributed by atoms with Crippen molar-refractivity contribution in [3.8, 4) is 0 Å². The van der Waals surface area contributed by atoms with Gasteiger partial charge in [-0.15, -0.1) is 0 Å². The lowest BCUT2D eigenvalue weighted by atomic mass is 10.9. The van der Waals surface area contributed by atoms with Crippen molar-refractivity contribution in [1.29, 1.82) is 0 Å². The molecule has 0 aromatic carbocycles. The average molecular weight is 189 g/mol. The molecule has 3 N–H and O–H groups in total. The molecule has 0 radical (unpaired) electrons. The molecule has 8 heteroatoms. The molecule has 1 unspecified atom stereocenters. The molecule has 0 aliphatic heterocycles. The summed E-state index contributed by atoms with van der Waals surface area (Å²) >= 11 is -2.05. The molecular formula is C2H7NO5S2. The van der Waals surface area contributed by atoms with E-state index in [2.05, 4.69) is 9.32 Å². The van der Waals surface area contributed by atoms with Gasteiger partial charge < -0.3 is 4.55 Å². The summed E-state index contributed by atoms with van der Waals surface area (Å²) in [4.78, 5) is 0. The van der Waals surface area contributed by atoms with E-state index in [0.717, 1.165) is 0 Å². The van der Waals surface area contributed by atoms with Gasteiger partial charge in [0.05, 0.1) is 12.4 Å². The van der Waals surface area contributed by atoms with Crippen LogP contribution < -0.4 is 5.14 Å². The van der Waals surface area contributed by atoms with Gasteiger partial charge >= 0.3 is 10.3 Å². The zero-order chi connectivity index (χ0) is 8.20. The van der Waals surface area contributed by atoms with Gasteiger partial charge in [-0.25, -0.2) is 9.35 Å². The quantitative estimate of drug-likeness (QED) is 0.519. The molecule has 1 atom stereocenters. The molecule has 0 spiro atoms. The van der Waals surface area contributed by atoms with Crippen LogP contribution in [-0.2, 0) is 25.6 Å². The van der Waals surface area contributed by atoms with Crippen LogP contribution >= 0.6 is 0 Å². The van der Waals surface area contributed by atoms with Crippen LogP contribution in [0, 0.1) is 0 Å². The van der Waals surface area contributed by atoms with Crippen molar-refractivity contribution in [3.63, 3.8) is 0 Å². The van der Waals surface area contributed by atoms with Gasteiger partial charge in [-0.05, 0) is 0 Å². The zero-order valence-corrected chi connectivity index (χ0v) is 6.52. The lowest BCUT2D eigenvalue weighted by Gasteiger charge is -1.95. The SMILES string of the molecule is NS(=O)(=O)OCCS(=O)O. The smallest absolute Gasteiger partial charge is 0.306 e. The molecule has 0 heterocycles. The first-order chi connectivity index (χ1) is 4.42. The van der Waals surface area contributed by atoms with E-state index < -0.39 is 21.4 Å². The van der Waals surface area contributed by atoms with Gasteiger partial charge in [-0.3, -0.25) is 4.18 Å². The predicted octanol–water partition coefficient (Wildman–Crippen LogP) is -1.57. The van der Waals surface area contributed by atoms with Crippen LogP contribution in [-0.4, -0.2) is 29.5 Å². The van der Waals surface area contributed by atoms with Crippen molar-refractivity contribution in [2.75, 3.05) is 12.4 Å². The highest BCUT2D eigenvalue weighted by atomic mass is 32.2. The van der Waals surface area contributed by atoms with Crippen LogP contribution in [0.2, 0.25) is 0 Å². The molecule has 0 aromatic heterocycles. The van der Waals surface area contributed by atoms with Gasteiger partial charge in [0.1, 0.15) is 0 Å². The van der Waals surface area contributed by atoms with Crippen LogP contribution in [0.15, 0.2) is 0 Å². The molecule has 0 amide bonds. The van der Waals surface area contributed by atoms with Crippen molar-refractivity contribution >= 4 is 21.4 Å². The first-order valence-corrected chi connectivity index (χ1v) is 4.91. The van der Waals surface area contributed by atoms with Gasteiger partial charge in [0.25, 0.3) is 0 Å². The maximum absolute atomic E-state index is 9.99. The Morgan fingerprint density at radius 1 is 1.60 bits per heavy atom. The molecule has 0 aromatic rings. The normalized spacial score (nSPS) is 15.0. The van der Waals surface area contributed by atoms with E-state index in [4.69, 9.17) is 4.55 Å². The zero-order valence-electron chi connectivity index (χ0n) is 4.89. The van der Waals surface area contributed by atoms with E-state index in [-0.39, 0.29) is 12.4 Å². The molecule has 0 fully saturated rings. The van der Waals surface area contributed by atoms with E-state index in [1.165, 1.54) is 0 Å². The maximum atomic E-state index is 9.99. The van der Waals surface area contributed by atoms with Crippen LogP contribution in [0.1, 0.15) is 0 Å². The van der Waals surface area contributed by atoms with E-state index in [1.54, 1.807) is 0 Å². The minimum absolute atomic E-state index is 0.267. The second-order valence-corrected chi connectivity index (χ2v) is 3.61. The summed E-state index contributed by atoms with van der Waals surface area (Å²) in [5.74, 6) is -0.267. The third-order valence-electron chi connectivity index (χ3n) is 0.506. The van der Waals surface area contributed by atoms with Crippen LogP contribution in [0.5, 0.6) is 0 Å². The van der Waals surface area contributed by atoms with Gasteiger partial charge in [0.2, 0.25) is 0 Å². The Hall–Kier alpha value is -0.0200. The Morgan fingerprint density at radius 2 is 2.10 bits per heavy atom. The fourth-order valence-corrected chi connectivity index (χ4v) is 0.869. The maximum Gasteiger partial charge on any atom is 0.333 e. The fourth-order valence-electron chi connectivity index (χ4n) is 0.221. The minimum Gasteiger partial charge on any atom is -0.306 e. The molecule has 0 aliphatic rings. The summed E-state index contributed by atoms with van der Waals surface area (Å²) < 4.78 is 41.9. The molecule has 62 valence electrons. The number of nitrogens with two attached hydrogens (primary N) is 1. The Labute approximate surface area is 60.9 Å². The standard InChI is InChI=1S/C2H7NO5S2/c3-10(6,7)8-1-2-9(4)5/h1-2H2,(H,4,5)(H2,3,6,7). The van der Waals surface area contributed by atoms with Crippen molar-refractivity contribution in [2.24, 2.45) is 5.14 Å². The van der Waals surface area contributed by atoms with E-state index in [9.17, 15) is 12.6 Å². The Kier molecular flexibility index (Phi) is 3.98. The molecular weight excluding hydrogens is 182 g/mol. The number of rotatable bonds is 4. The average Bonchev–Trinajstić information content (AvgIpc) is 1.59. The molecule has 6 nitrogen and oxygen atoms in total. The van der Waals surface area contributed by atoms with Gasteiger partial charge in [-0.1, -0.05) is 0 Å². The monoisotopic (exact) mass is 189 g/mol. The molecule has 10 heavy (non-hydrogen) atoms. The summed E-state index contributed by atoms with van der Waals surface area (Å²) in [6.07, 6.45) is 0. The topological polar surface area (TPSA) is 107 Å². The van der Waals surface area contributed by atoms with E-state index in [0.29, 0.717) is 0 Å². The Morgan fingerprint density at radius 3 is 2.40 bits per heavy atom. The molecule has 0 bridgehead atoms. The summed E-state index contributed by atoms with van der Waals surface area (Å²) in [6.45, 7) is -0.373. The highest BCUT2D eigenvalue weighted by Gasteiger charge is 2.02. The first-order valence-electron chi connectivity index (χ1n) is 2.16. The molecule has 0 rings (SSSR count). The molecule has 0 saturated carbocycles. The van der Waals surface area contributed by atoms with Crippen molar-refractivity contribution in [2.45, 2.75) is 0 Å². The highest BCUT2D eigenvalue weighted by Crippen LogP contribution is 1.82. The second-order valence-electron chi connectivity index (χ2n) is 1.34. The summed E-state index contributed by atoms with van der Waals surface area (Å²) in [6, 6.07) is 0. The Bertz CT molecular complexity index is 208. The third-order valence-corrected chi connectivity index (χ3v) is 1.52. The summed E-state index contributed by atoms with van der Waals surface area (Å²) in [5, 5.41) is 4.39. The van der Waals surface area contributed by atoms with Gasteiger partial charge in [0.15, 0.2) is 11.1 Å². The van der Waals surface area contributed by atoms with Crippen LogP contribution in [0.25, 0.3) is 0 Å². The summed E-state index contributed by atoms with van der Waals surface area (Å²) in [5.41, 5.74) is 0. The van der Waals surface area contributed by atoms with E-state index >= 15 is 0 Å². The largest absolute Gasteiger partial charge is 0.333 e. The van der Waals surface area contributed by atoms with E-state index in [1.807, 2.05) is 0 Å². The van der Waals surface area contributed by atoms with Gasteiger partial charge in [0, 0.05) is 0 Å². The lowest BCUT2D eigenvalue weighted by molar-refractivity contribution is 0.339. The molecule has 0 saturated heterocycles. The van der Waals surface area contributed by atoms with Crippen LogP contribution in [0.4, 0.5) is 0 Å². The van der Waals surface area contributed by atoms with Crippen LogP contribution in [0.3, 0.4) is 0 Å². The van der Waals surface area contributed by atoms with Crippen molar-refractivity contribution in [1.82, 2.24) is 0 Å². The lowest BCUT2D eigenvalue weighted by Crippen LogP contribution is -2.18. The van der Waals surface area contributed by atoms with Crippen molar-refractivity contribution < 1.29 is 21.4 Å². The summed E-state index contributed by atoms with van der Waals surface area (Å²) in [7, 11) is -3.97. The second kappa shape index (κ2) is 3.98. The highest BCUT2D eigenvalue weighted by molar-refractivity contribution is 7.84. The number of hydrogen-bond acceptors (Lipinski definition) is 4. The van der Waals surface area contributed by atoms with Gasteiger partial charge in [-0.2, -0.15) is 8.42 Å². The first kappa shape index (κ1) is 9.98. The molecule has 0 aliphatic carbocycles. The minimum atomic E-state index is -3.97. The third kappa shape index (κ3) is 7.98. The number of hydrogen-bond donors (Lipinski definition) is 2. The predicted molar refractivity (Wildman–Crippen MR) is 34.7 cm³/mol. The fraction of sp³-hybridized carbons (Fsp3) is 1.00. The van der Waals surface area contributed by atoms with Crippen molar-refractivity contribution in [3.05, 3.63) is 0 Å².